The van der Waals surface area contributed by atoms with E-state index in [1.165, 1.54) is 0 Å². The van der Waals surface area contributed by atoms with Crippen LogP contribution in [0.1, 0.15) is 20.3 Å². The number of rotatable bonds is 4. The molecule has 0 saturated carbocycles. The third kappa shape index (κ3) is 2.83. The summed E-state index contributed by atoms with van der Waals surface area (Å²) >= 11 is 0. The highest BCUT2D eigenvalue weighted by Gasteiger charge is 2.06. The Morgan fingerprint density at radius 3 is 2.89 bits per heavy atom. The van der Waals surface area contributed by atoms with E-state index in [-0.39, 0.29) is 11.9 Å². The average molecular weight is 245 g/mol. The van der Waals surface area contributed by atoms with Crippen LogP contribution in [0.5, 0.6) is 0 Å². The van der Waals surface area contributed by atoms with Gasteiger partial charge in [0, 0.05) is 30.9 Å². The maximum atomic E-state index is 11.6. The molecule has 0 radical (unpaired) electrons. The molecule has 3 N–H and O–H groups in total. The lowest BCUT2D eigenvalue weighted by Gasteiger charge is -2.09. The maximum Gasteiger partial charge on any atom is 0.221 e. The largest absolute Gasteiger partial charge is 0.399 e. The topological polar surface area (TPSA) is 60.0 Å². The molecule has 2 aromatic rings. The number of carbonyl (C=O) groups is 1. The van der Waals surface area contributed by atoms with E-state index in [2.05, 4.69) is 9.88 Å². The van der Waals surface area contributed by atoms with Gasteiger partial charge in [-0.05, 0) is 37.4 Å². The molecule has 1 heterocycles. The van der Waals surface area contributed by atoms with Gasteiger partial charge in [0.15, 0.2) is 0 Å². The van der Waals surface area contributed by atoms with Crippen LogP contribution in [0.2, 0.25) is 0 Å². The van der Waals surface area contributed by atoms with Gasteiger partial charge in [0.2, 0.25) is 5.91 Å². The van der Waals surface area contributed by atoms with E-state index in [1.54, 1.807) is 0 Å². The molecule has 0 aliphatic rings. The molecular formula is C14H19N3O. The van der Waals surface area contributed by atoms with Crippen LogP contribution in [0.15, 0.2) is 30.5 Å². The summed E-state index contributed by atoms with van der Waals surface area (Å²) in [6.07, 6.45) is 2.48. The number of nitrogens with zero attached hydrogens (tertiary/aromatic N) is 1. The average Bonchev–Trinajstić information content (AvgIpc) is 2.68. The van der Waals surface area contributed by atoms with Crippen molar-refractivity contribution in [3.63, 3.8) is 0 Å². The van der Waals surface area contributed by atoms with E-state index in [4.69, 9.17) is 5.73 Å². The van der Waals surface area contributed by atoms with Crippen LogP contribution < -0.4 is 11.1 Å². The van der Waals surface area contributed by atoms with Gasteiger partial charge in [-0.2, -0.15) is 0 Å². The minimum atomic E-state index is 0.0794. The fourth-order valence-electron chi connectivity index (χ4n) is 2.01. The molecule has 1 amide bonds. The standard InChI is InChI=1S/C14H19N3O/c1-10(2)16-14(18)6-8-17-7-5-11-3-4-12(15)9-13(11)17/h3-5,7,9-10H,6,8,15H2,1-2H3,(H,16,18). The summed E-state index contributed by atoms with van der Waals surface area (Å²) in [6.45, 7) is 4.60. The number of nitrogen functional groups attached to an aromatic ring is 1. The van der Waals surface area contributed by atoms with E-state index in [9.17, 15) is 4.79 Å². The third-order valence-electron chi connectivity index (χ3n) is 2.83. The van der Waals surface area contributed by atoms with Crippen LogP contribution in [0.3, 0.4) is 0 Å². The Hall–Kier alpha value is -1.97. The van der Waals surface area contributed by atoms with Crippen LogP contribution in [0.4, 0.5) is 5.69 Å². The number of nitrogens with two attached hydrogens (primary N) is 1. The number of aromatic nitrogens is 1. The quantitative estimate of drug-likeness (QED) is 0.811. The molecule has 0 fully saturated rings. The zero-order valence-electron chi connectivity index (χ0n) is 10.8. The minimum absolute atomic E-state index is 0.0794. The summed E-state index contributed by atoms with van der Waals surface area (Å²) in [7, 11) is 0. The van der Waals surface area contributed by atoms with Crippen molar-refractivity contribution < 1.29 is 4.79 Å². The van der Waals surface area contributed by atoms with E-state index in [0.717, 1.165) is 16.6 Å². The van der Waals surface area contributed by atoms with Crippen molar-refractivity contribution in [1.29, 1.82) is 0 Å². The molecule has 0 aliphatic heterocycles. The Kier molecular flexibility index (Phi) is 3.55. The molecule has 0 spiro atoms. The number of hydrogen-bond donors (Lipinski definition) is 2. The molecule has 0 saturated heterocycles. The summed E-state index contributed by atoms with van der Waals surface area (Å²) in [5.74, 6) is 0.0794. The van der Waals surface area contributed by atoms with Crippen molar-refractivity contribution in [2.24, 2.45) is 0 Å². The number of hydrogen-bond acceptors (Lipinski definition) is 2. The SMILES string of the molecule is CC(C)NC(=O)CCn1ccc2ccc(N)cc21. The molecule has 0 atom stereocenters. The Labute approximate surface area is 107 Å². The fraction of sp³-hybridized carbons (Fsp3) is 0.357. The molecule has 4 nitrogen and oxygen atoms in total. The Bertz CT molecular complexity index is 557. The lowest BCUT2D eigenvalue weighted by atomic mass is 10.2. The van der Waals surface area contributed by atoms with Gasteiger partial charge < -0.3 is 15.6 Å². The van der Waals surface area contributed by atoms with Crippen molar-refractivity contribution in [1.82, 2.24) is 9.88 Å². The van der Waals surface area contributed by atoms with Crippen LogP contribution in [0, 0.1) is 0 Å². The van der Waals surface area contributed by atoms with Crippen LogP contribution in [-0.2, 0) is 11.3 Å². The number of amides is 1. The number of aryl methyl sites for hydroxylation is 1. The first kappa shape index (κ1) is 12.5. The summed E-state index contributed by atoms with van der Waals surface area (Å²) in [5.41, 5.74) is 7.60. The first-order valence-corrected chi connectivity index (χ1v) is 6.20. The zero-order valence-corrected chi connectivity index (χ0v) is 10.8. The molecule has 96 valence electrons. The third-order valence-corrected chi connectivity index (χ3v) is 2.83. The smallest absolute Gasteiger partial charge is 0.221 e. The van der Waals surface area contributed by atoms with Crippen LogP contribution in [-0.4, -0.2) is 16.5 Å². The van der Waals surface area contributed by atoms with Crippen LogP contribution in [0.25, 0.3) is 10.9 Å². The number of nitrogens with one attached hydrogen (secondary N) is 1. The monoisotopic (exact) mass is 245 g/mol. The zero-order chi connectivity index (χ0) is 13.1. The highest BCUT2D eigenvalue weighted by atomic mass is 16.1. The van der Waals surface area contributed by atoms with Gasteiger partial charge in [-0.15, -0.1) is 0 Å². The summed E-state index contributed by atoms with van der Waals surface area (Å²) in [4.78, 5) is 11.6. The highest BCUT2D eigenvalue weighted by Crippen LogP contribution is 2.19. The second kappa shape index (κ2) is 5.12. The first-order valence-electron chi connectivity index (χ1n) is 6.20. The van der Waals surface area contributed by atoms with Gasteiger partial charge in [0.1, 0.15) is 0 Å². The van der Waals surface area contributed by atoms with Gasteiger partial charge in [0.25, 0.3) is 0 Å². The van der Waals surface area contributed by atoms with Gasteiger partial charge in [0.05, 0.1) is 5.52 Å². The molecule has 4 heteroatoms. The second-order valence-electron chi connectivity index (χ2n) is 4.80. The molecule has 18 heavy (non-hydrogen) atoms. The van der Waals surface area contributed by atoms with Crippen LogP contribution >= 0.6 is 0 Å². The van der Waals surface area contributed by atoms with Crippen molar-refractivity contribution >= 4 is 22.5 Å². The molecule has 0 bridgehead atoms. The summed E-state index contributed by atoms with van der Waals surface area (Å²) in [6, 6.07) is 8.05. The number of anilines is 1. The van der Waals surface area contributed by atoms with Gasteiger partial charge in [-0.25, -0.2) is 0 Å². The van der Waals surface area contributed by atoms with Crippen molar-refractivity contribution in [2.45, 2.75) is 32.9 Å². The fourth-order valence-corrected chi connectivity index (χ4v) is 2.01. The minimum Gasteiger partial charge on any atom is -0.399 e. The van der Waals surface area contributed by atoms with Gasteiger partial charge in [-0.3, -0.25) is 4.79 Å². The van der Waals surface area contributed by atoms with E-state index in [1.807, 2.05) is 44.3 Å². The first-order chi connectivity index (χ1) is 8.56. The predicted molar refractivity (Wildman–Crippen MR) is 74.2 cm³/mol. The Balaban J connectivity index is 2.08. The number of carbonyl (C=O) groups excluding carboxylic acids is 1. The predicted octanol–water partition coefficient (Wildman–Crippen LogP) is 2.14. The van der Waals surface area contributed by atoms with Crippen molar-refractivity contribution in [3.8, 4) is 0 Å². The normalized spacial score (nSPS) is 11.1. The van der Waals surface area contributed by atoms with E-state index >= 15 is 0 Å². The molecule has 1 aromatic carbocycles. The van der Waals surface area contributed by atoms with Crippen molar-refractivity contribution in [3.05, 3.63) is 30.5 Å². The molecule has 0 unspecified atom stereocenters. The molecular weight excluding hydrogens is 226 g/mol. The second-order valence-corrected chi connectivity index (χ2v) is 4.80. The lowest BCUT2D eigenvalue weighted by molar-refractivity contribution is -0.121. The van der Waals surface area contributed by atoms with Gasteiger partial charge >= 0.3 is 0 Å². The maximum absolute atomic E-state index is 11.6. The molecule has 0 aliphatic carbocycles. The highest BCUT2D eigenvalue weighted by molar-refractivity contribution is 5.83. The van der Waals surface area contributed by atoms with Gasteiger partial charge in [-0.1, -0.05) is 6.07 Å². The summed E-state index contributed by atoms with van der Waals surface area (Å²) < 4.78 is 2.06. The lowest BCUT2D eigenvalue weighted by Crippen LogP contribution is -2.30. The Morgan fingerprint density at radius 2 is 2.17 bits per heavy atom. The number of fused-ring (bicyclic) bond motifs is 1. The molecule has 1 aromatic heterocycles. The molecule has 2 rings (SSSR count). The Morgan fingerprint density at radius 1 is 1.39 bits per heavy atom. The van der Waals surface area contributed by atoms with Crippen molar-refractivity contribution in [2.75, 3.05) is 5.73 Å². The summed E-state index contributed by atoms with van der Waals surface area (Å²) in [5, 5.41) is 4.03. The number of benzene rings is 1. The van der Waals surface area contributed by atoms with E-state index < -0.39 is 0 Å². The van der Waals surface area contributed by atoms with E-state index in [0.29, 0.717) is 13.0 Å².